The maximum absolute atomic E-state index is 12.0. The van der Waals surface area contributed by atoms with Crippen LogP contribution in [0.15, 0.2) is 24.3 Å². The predicted octanol–water partition coefficient (Wildman–Crippen LogP) is 1.42. The van der Waals surface area contributed by atoms with Gasteiger partial charge >= 0.3 is 5.97 Å². The van der Waals surface area contributed by atoms with Gasteiger partial charge in [-0.1, -0.05) is 29.8 Å². The van der Waals surface area contributed by atoms with Crippen LogP contribution in [0.1, 0.15) is 29.9 Å². The number of rotatable bonds is 2. The number of ether oxygens (including phenoxy) is 1. The molecule has 1 saturated heterocycles. The largest absolute Gasteiger partial charge is 0.458 e. The molecule has 0 aromatic heterocycles. The second-order valence-electron chi connectivity index (χ2n) is 5.94. The molecule has 4 atom stereocenters. The molecule has 6 nitrogen and oxygen atoms in total. The molecule has 2 aliphatic rings. The molecule has 112 valence electrons. The number of aryl methyl sites for hydroxylation is 1. The van der Waals surface area contributed by atoms with Crippen molar-refractivity contribution in [3.8, 4) is 0 Å². The molecule has 1 aliphatic heterocycles. The normalized spacial score (nSPS) is 35.1. The zero-order valence-electron chi connectivity index (χ0n) is 11.7. The Morgan fingerprint density at radius 1 is 1.33 bits per heavy atom. The first-order valence-electron chi connectivity index (χ1n) is 7.02. The van der Waals surface area contributed by atoms with Gasteiger partial charge in [0, 0.05) is 4.92 Å². The van der Waals surface area contributed by atoms with E-state index in [0.717, 1.165) is 11.1 Å². The summed E-state index contributed by atoms with van der Waals surface area (Å²) in [7, 11) is 0. The lowest BCUT2D eigenvalue weighted by Crippen LogP contribution is -2.65. The van der Waals surface area contributed by atoms with E-state index in [0.29, 0.717) is 6.42 Å². The highest BCUT2D eigenvalue weighted by atomic mass is 16.6. The first-order valence-corrected chi connectivity index (χ1v) is 7.02. The summed E-state index contributed by atoms with van der Waals surface area (Å²) < 4.78 is 5.01. The molecule has 21 heavy (non-hydrogen) atoms. The van der Waals surface area contributed by atoms with Crippen molar-refractivity contribution in [1.82, 2.24) is 0 Å². The van der Waals surface area contributed by atoms with Crippen molar-refractivity contribution in [2.45, 2.75) is 37.3 Å². The van der Waals surface area contributed by atoms with E-state index >= 15 is 0 Å². The van der Waals surface area contributed by atoms with Crippen LogP contribution in [0.2, 0.25) is 0 Å². The minimum atomic E-state index is -1.63. The fourth-order valence-electron chi connectivity index (χ4n) is 3.63. The lowest BCUT2D eigenvalue weighted by molar-refractivity contribution is -0.599. The number of fused-ring (bicyclic) bond motifs is 2. The molecule has 0 radical (unpaired) electrons. The summed E-state index contributed by atoms with van der Waals surface area (Å²) in [6.07, 6.45) is -0.444. The van der Waals surface area contributed by atoms with E-state index in [-0.39, 0.29) is 13.0 Å². The Balaban J connectivity index is 2.14. The van der Waals surface area contributed by atoms with Gasteiger partial charge in [-0.3, -0.25) is 14.9 Å². The summed E-state index contributed by atoms with van der Waals surface area (Å²) in [6, 6.07) is 7.35. The molecule has 2 bridgehead atoms. The molecule has 1 unspecified atom stereocenters. The summed E-state index contributed by atoms with van der Waals surface area (Å²) in [5, 5.41) is 22.0. The van der Waals surface area contributed by atoms with E-state index in [9.17, 15) is 20.0 Å². The van der Waals surface area contributed by atoms with Crippen LogP contribution >= 0.6 is 0 Å². The number of carbonyl (C=O) groups is 1. The number of nitrogens with zero attached hydrogens (tertiary/aromatic N) is 1. The van der Waals surface area contributed by atoms with Crippen molar-refractivity contribution in [2.75, 3.05) is 6.61 Å². The van der Waals surface area contributed by atoms with E-state index in [2.05, 4.69) is 0 Å². The van der Waals surface area contributed by atoms with E-state index in [1.807, 2.05) is 31.2 Å². The zero-order valence-corrected chi connectivity index (χ0v) is 11.7. The number of carbonyl (C=O) groups excluding carboxylic acids is 1. The quantitative estimate of drug-likeness (QED) is 0.505. The van der Waals surface area contributed by atoms with E-state index < -0.39 is 34.4 Å². The van der Waals surface area contributed by atoms with Crippen LogP contribution in [-0.4, -0.2) is 34.2 Å². The molecule has 3 rings (SSSR count). The molecule has 2 fully saturated rings. The van der Waals surface area contributed by atoms with Crippen LogP contribution in [0.5, 0.6) is 0 Å². The Kier molecular flexibility index (Phi) is 3.20. The Bertz CT molecular complexity index is 584. The average molecular weight is 291 g/mol. The van der Waals surface area contributed by atoms with Gasteiger partial charge < -0.3 is 9.84 Å². The Morgan fingerprint density at radius 2 is 2.00 bits per heavy atom. The fraction of sp³-hybridized carbons (Fsp3) is 0.533. The number of aliphatic hydroxyl groups excluding tert-OH is 1. The summed E-state index contributed by atoms with van der Waals surface area (Å²) >= 11 is 0. The number of benzene rings is 1. The van der Waals surface area contributed by atoms with E-state index in [1.54, 1.807) is 0 Å². The lowest BCUT2D eigenvalue weighted by Gasteiger charge is -2.46. The van der Waals surface area contributed by atoms with Crippen molar-refractivity contribution in [2.24, 2.45) is 5.92 Å². The van der Waals surface area contributed by atoms with Crippen LogP contribution in [-0.2, 0) is 9.53 Å². The van der Waals surface area contributed by atoms with Gasteiger partial charge in [0.1, 0.15) is 6.10 Å². The van der Waals surface area contributed by atoms with Gasteiger partial charge in [-0.15, -0.1) is 0 Å². The highest BCUT2D eigenvalue weighted by Gasteiger charge is 2.66. The molecule has 0 amide bonds. The van der Waals surface area contributed by atoms with Crippen molar-refractivity contribution >= 4 is 5.97 Å². The third-order valence-corrected chi connectivity index (χ3v) is 4.79. The van der Waals surface area contributed by atoms with Crippen molar-refractivity contribution < 1.29 is 19.6 Å². The Hall–Kier alpha value is -1.95. The molecule has 1 aromatic rings. The summed E-state index contributed by atoms with van der Waals surface area (Å²) in [5.41, 5.74) is 0.127. The average Bonchev–Trinajstić information content (AvgIpc) is 2.45. The first-order chi connectivity index (χ1) is 9.96. The number of cyclic esters (lactones) is 1. The second kappa shape index (κ2) is 4.80. The Labute approximate surface area is 121 Å². The minimum Gasteiger partial charge on any atom is -0.458 e. The standard InChI is InChI=1S/C15H17NO5/c1-9-2-4-10(5-3-9)13-11-6-7-12(17)15(13,16(19)20)8-21-14(11)18/h2-5,11-13,17H,6-8H2,1H3/t11-,12-,13?,15+/m0/s1. The second-order valence-corrected chi connectivity index (χ2v) is 5.94. The zero-order chi connectivity index (χ0) is 15.2. The highest BCUT2D eigenvalue weighted by molar-refractivity contribution is 5.75. The van der Waals surface area contributed by atoms with Crippen molar-refractivity contribution in [3.63, 3.8) is 0 Å². The number of aliphatic hydroxyl groups is 1. The van der Waals surface area contributed by atoms with Gasteiger partial charge in [-0.05, 0) is 25.3 Å². The molecule has 6 heteroatoms. The number of esters is 1. The van der Waals surface area contributed by atoms with Gasteiger partial charge in [-0.25, -0.2) is 0 Å². The lowest BCUT2D eigenvalue weighted by atomic mass is 9.62. The smallest absolute Gasteiger partial charge is 0.310 e. The van der Waals surface area contributed by atoms with Crippen LogP contribution < -0.4 is 0 Å². The van der Waals surface area contributed by atoms with E-state index in [1.165, 1.54) is 0 Å². The maximum atomic E-state index is 12.0. The third-order valence-electron chi connectivity index (χ3n) is 4.79. The van der Waals surface area contributed by atoms with Crippen LogP contribution in [0.4, 0.5) is 0 Å². The van der Waals surface area contributed by atoms with Gasteiger partial charge in [0.15, 0.2) is 6.61 Å². The summed E-state index contributed by atoms with van der Waals surface area (Å²) in [6.45, 7) is 1.56. The number of hydrogen-bond donors (Lipinski definition) is 1. The molecular formula is C15H17NO5. The van der Waals surface area contributed by atoms with Gasteiger partial charge in [0.2, 0.25) is 0 Å². The van der Waals surface area contributed by atoms with Crippen LogP contribution in [0.25, 0.3) is 0 Å². The Morgan fingerprint density at radius 3 is 2.62 bits per heavy atom. The predicted molar refractivity (Wildman–Crippen MR) is 73.3 cm³/mol. The SMILES string of the molecule is Cc1ccc(C2[C@@H]3CC[C@H](O)[C@]2([N+](=O)[O-])COC3=O)cc1. The molecule has 1 saturated carbocycles. The van der Waals surface area contributed by atoms with Gasteiger partial charge in [-0.2, -0.15) is 0 Å². The highest BCUT2D eigenvalue weighted by Crippen LogP contribution is 2.50. The molecule has 0 spiro atoms. The van der Waals surface area contributed by atoms with Gasteiger partial charge in [0.05, 0.1) is 11.8 Å². The molecular weight excluding hydrogens is 274 g/mol. The summed E-state index contributed by atoms with van der Waals surface area (Å²) in [4.78, 5) is 23.3. The first kappa shape index (κ1) is 14.0. The topological polar surface area (TPSA) is 89.7 Å². The fourth-order valence-corrected chi connectivity index (χ4v) is 3.63. The van der Waals surface area contributed by atoms with Crippen molar-refractivity contribution in [3.05, 3.63) is 45.5 Å². The summed E-state index contributed by atoms with van der Waals surface area (Å²) in [5.74, 6) is -1.60. The van der Waals surface area contributed by atoms with Crippen LogP contribution in [0.3, 0.4) is 0 Å². The minimum absolute atomic E-state index is 0.253. The number of hydrogen-bond acceptors (Lipinski definition) is 5. The maximum Gasteiger partial charge on any atom is 0.310 e. The molecule has 1 aliphatic carbocycles. The van der Waals surface area contributed by atoms with Gasteiger partial charge in [0.25, 0.3) is 5.54 Å². The monoisotopic (exact) mass is 291 g/mol. The van der Waals surface area contributed by atoms with Crippen LogP contribution in [0, 0.1) is 23.0 Å². The molecule has 1 heterocycles. The molecule has 1 aromatic carbocycles. The number of nitro groups is 1. The third kappa shape index (κ3) is 1.93. The molecule has 1 N–H and O–H groups in total. The van der Waals surface area contributed by atoms with E-state index in [4.69, 9.17) is 4.74 Å². The van der Waals surface area contributed by atoms with Crippen molar-refractivity contribution in [1.29, 1.82) is 0 Å².